The molecule has 0 aliphatic heterocycles. The number of nitrogens with zero attached hydrogens (tertiary/aromatic N) is 1. The summed E-state index contributed by atoms with van der Waals surface area (Å²) in [6, 6.07) is 13.4. The third-order valence-electron chi connectivity index (χ3n) is 4.01. The number of nitrogens with two attached hydrogens (primary N) is 1. The average molecular weight is 301 g/mol. The van der Waals surface area contributed by atoms with Gasteiger partial charge in [-0.05, 0) is 41.3 Å². The maximum absolute atomic E-state index is 12.5. The van der Waals surface area contributed by atoms with Crippen LogP contribution in [0.2, 0.25) is 5.02 Å². The first-order valence-corrected chi connectivity index (χ1v) is 7.30. The van der Waals surface area contributed by atoms with Gasteiger partial charge in [0, 0.05) is 24.3 Å². The van der Waals surface area contributed by atoms with Crippen LogP contribution in [0, 0.1) is 0 Å². The van der Waals surface area contributed by atoms with Gasteiger partial charge in [-0.1, -0.05) is 35.9 Å². The average Bonchev–Trinajstić information content (AvgIpc) is 2.44. The number of benzene rings is 2. The Kier molecular flexibility index (Phi) is 3.60. The number of rotatable bonds is 3. The van der Waals surface area contributed by atoms with Crippen molar-refractivity contribution in [3.63, 3.8) is 0 Å². The van der Waals surface area contributed by atoms with Crippen molar-refractivity contribution in [1.29, 1.82) is 0 Å². The van der Waals surface area contributed by atoms with E-state index in [0.29, 0.717) is 17.3 Å². The number of hydrogen-bond donors (Lipinski definition) is 1. The topological polar surface area (TPSA) is 46.3 Å². The van der Waals surface area contributed by atoms with Crippen molar-refractivity contribution >= 4 is 23.2 Å². The quantitative estimate of drug-likeness (QED) is 0.885. The summed E-state index contributed by atoms with van der Waals surface area (Å²) < 4.78 is 0. The lowest BCUT2D eigenvalue weighted by Gasteiger charge is -2.32. The molecule has 1 aliphatic carbocycles. The summed E-state index contributed by atoms with van der Waals surface area (Å²) in [5, 5.41) is 0.637. The van der Waals surface area contributed by atoms with Crippen molar-refractivity contribution in [3.8, 4) is 0 Å². The predicted octanol–water partition coefficient (Wildman–Crippen LogP) is 3.22. The fraction of sp³-hybridized carbons (Fsp3) is 0.235. The van der Waals surface area contributed by atoms with Gasteiger partial charge in [0.1, 0.15) is 0 Å². The molecule has 108 valence electrons. The number of nitrogen functional groups attached to an aromatic ring is 1. The van der Waals surface area contributed by atoms with Crippen molar-refractivity contribution in [2.45, 2.75) is 18.9 Å². The molecule has 0 spiro atoms. The van der Waals surface area contributed by atoms with Gasteiger partial charge in [0.05, 0.1) is 5.92 Å². The molecular formula is C17H17ClN2O. The number of carbonyl (C=O) groups is 1. The van der Waals surface area contributed by atoms with Gasteiger partial charge >= 0.3 is 0 Å². The van der Waals surface area contributed by atoms with Crippen LogP contribution in [0.25, 0.3) is 0 Å². The second kappa shape index (κ2) is 5.41. The first-order valence-electron chi connectivity index (χ1n) is 6.93. The van der Waals surface area contributed by atoms with E-state index in [1.807, 2.05) is 31.3 Å². The number of carbonyl (C=O) groups excluding carboxylic acids is 1. The lowest BCUT2D eigenvalue weighted by molar-refractivity contribution is -0.132. The zero-order chi connectivity index (χ0) is 15.0. The number of amides is 1. The Balaban J connectivity index is 1.73. The third-order valence-corrected chi connectivity index (χ3v) is 4.37. The lowest BCUT2D eigenvalue weighted by atomic mass is 9.77. The zero-order valence-electron chi connectivity index (χ0n) is 11.8. The highest BCUT2D eigenvalue weighted by Crippen LogP contribution is 2.36. The largest absolute Gasteiger partial charge is 0.399 e. The Morgan fingerprint density at radius 1 is 1.33 bits per heavy atom. The maximum atomic E-state index is 12.5. The SMILES string of the molecule is CN(Cc1cc(N)ccc1Cl)C(=O)C1Cc2ccccc21. The molecule has 0 aromatic heterocycles. The molecular weight excluding hydrogens is 284 g/mol. The predicted molar refractivity (Wildman–Crippen MR) is 85.2 cm³/mol. The molecule has 2 aromatic rings. The Bertz CT molecular complexity index is 699. The van der Waals surface area contributed by atoms with Gasteiger partial charge in [0.25, 0.3) is 0 Å². The molecule has 1 aliphatic rings. The van der Waals surface area contributed by atoms with Crippen molar-refractivity contribution in [2.24, 2.45) is 0 Å². The van der Waals surface area contributed by atoms with E-state index in [-0.39, 0.29) is 11.8 Å². The van der Waals surface area contributed by atoms with E-state index in [0.717, 1.165) is 17.5 Å². The van der Waals surface area contributed by atoms with Crippen LogP contribution in [0.5, 0.6) is 0 Å². The van der Waals surface area contributed by atoms with E-state index >= 15 is 0 Å². The number of likely N-dealkylation sites (N-methyl/N-ethyl adjacent to an activating group) is 1. The van der Waals surface area contributed by atoms with E-state index < -0.39 is 0 Å². The van der Waals surface area contributed by atoms with Crippen LogP contribution in [-0.4, -0.2) is 17.9 Å². The molecule has 1 unspecified atom stereocenters. The van der Waals surface area contributed by atoms with E-state index in [1.165, 1.54) is 5.56 Å². The van der Waals surface area contributed by atoms with Crippen LogP contribution in [0.15, 0.2) is 42.5 Å². The fourth-order valence-electron chi connectivity index (χ4n) is 2.79. The van der Waals surface area contributed by atoms with Gasteiger partial charge in [0.2, 0.25) is 5.91 Å². The highest BCUT2D eigenvalue weighted by atomic mass is 35.5. The highest BCUT2D eigenvalue weighted by Gasteiger charge is 2.33. The highest BCUT2D eigenvalue weighted by molar-refractivity contribution is 6.31. The number of anilines is 1. The molecule has 4 heteroatoms. The maximum Gasteiger partial charge on any atom is 0.230 e. The zero-order valence-corrected chi connectivity index (χ0v) is 12.6. The van der Waals surface area contributed by atoms with Crippen LogP contribution in [-0.2, 0) is 17.8 Å². The van der Waals surface area contributed by atoms with E-state index in [1.54, 1.807) is 17.0 Å². The van der Waals surface area contributed by atoms with Gasteiger partial charge in [-0.25, -0.2) is 0 Å². The van der Waals surface area contributed by atoms with Crippen LogP contribution in [0.1, 0.15) is 22.6 Å². The van der Waals surface area contributed by atoms with Gasteiger partial charge in [-0.2, -0.15) is 0 Å². The van der Waals surface area contributed by atoms with E-state index in [9.17, 15) is 4.79 Å². The van der Waals surface area contributed by atoms with Crippen molar-refractivity contribution < 1.29 is 4.79 Å². The third kappa shape index (κ3) is 2.61. The smallest absolute Gasteiger partial charge is 0.230 e. The summed E-state index contributed by atoms with van der Waals surface area (Å²) in [5.41, 5.74) is 9.73. The molecule has 3 rings (SSSR count). The van der Waals surface area contributed by atoms with Gasteiger partial charge in [-0.3, -0.25) is 4.79 Å². The molecule has 0 radical (unpaired) electrons. The Labute approximate surface area is 129 Å². The number of hydrogen-bond acceptors (Lipinski definition) is 2. The second-order valence-electron chi connectivity index (χ2n) is 5.50. The van der Waals surface area contributed by atoms with Crippen molar-refractivity contribution in [2.75, 3.05) is 12.8 Å². The molecule has 21 heavy (non-hydrogen) atoms. The Hall–Kier alpha value is -2.00. The standard InChI is InChI=1S/C17H17ClN2O/c1-20(10-12-8-13(19)6-7-16(12)18)17(21)15-9-11-4-2-3-5-14(11)15/h2-8,15H,9-10,19H2,1H3. The Morgan fingerprint density at radius 3 is 2.86 bits per heavy atom. The number of fused-ring (bicyclic) bond motifs is 1. The minimum absolute atomic E-state index is 0.0222. The molecule has 2 N–H and O–H groups in total. The second-order valence-corrected chi connectivity index (χ2v) is 5.91. The van der Waals surface area contributed by atoms with Crippen molar-refractivity contribution in [1.82, 2.24) is 4.90 Å². The summed E-state index contributed by atoms with van der Waals surface area (Å²) >= 11 is 6.16. The summed E-state index contributed by atoms with van der Waals surface area (Å²) in [6.45, 7) is 0.474. The molecule has 2 aromatic carbocycles. The van der Waals surface area contributed by atoms with E-state index in [4.69, 9.17) is 17.3 Å². The van der Waals surface area contributed by atoms with Crippen LogP contribution >= 0.6 is 11.6 Å². The molecule has 0 fully saturated rings. The summed E-state index contributed by atoms with van der Waals surface area (Å²) in [7, 11) is 1.81. The molecule has 3 nitrogen and oxygen atoms in total. The minimum atomic E-state index is -0.0222. The normalized spacial score (nSPS) is 16.0. The van der Waals surface area contributed by atoms with Gasteiger partial charge < -0.3 is 10.6 Å². The summed E-state index contributed by atoms with van der Waals surface area (Å²) in [4.78, 5) is 14.3. The first-order chi connectivity index (χ1) is 10.1. The molecule has 0 saturated heterocycles. The summed E-state index contributed by atoms with van der Waals surface area (Å²) in [5.74, 6) is 0.109. The van der Waals surface area contributed by atoms with Crippen molar-refractivity contribution in [3.05, 3.63) is 64.2 Å². The molecule has 0 saturated carbocycles. The minimum Gasteiger partial charge on any atom is -0.399 e. The van der Waals surface area contributed by atoms with Crippen LogP contribution in [0.3, 0.4) is 0 Å². The van der Waals surface area contributed by atoms with Crippen LogP contribution < -0.4 is 5.73 Å². The monoisotopic (exact) mass is 300 g/mol. The molecule has 0 heterocycles. The number of halogens is 1. The van der Waals surface area contributed by atoms with Gasteiger partial charge in [-0.15, -0.1) is 0 Å². The molecule has 1 amide bonds. The summed E-state index contributed by atoms with van der Waals surface area (Å²) in [6.07, 6.45) is 0.823. The Morgan fingerprint density at radius 2 is 2.10 bits per heavy atom. The first kappa shape index (κ1) is 14.0. The van der Waals surface area contributed by atoms with Gasteiger partial charge in [0.15, 0.2) is 0 Å². The fourth-order valence-corrected chi connectivity index (χ4v) is 2.97. The molecule has 1 atom stereocenters. The molecule has 0 bridgehead atoms. The van der Waals surface area contributed by atoms with Crippen LogP contribution in [0.4, 0.5) is 5.69 Å². The van der Waals surface area contributed by atoms with E-state index in [2.05, 4.69) is 6.07 Å². The lowest BCUT2D eigenvalue weighted by Crippen LogP contribution is -2.36.